The lowest BCUT2D eigenvalue weighted by molar-refractivity contribution is 0.0894. The van der Waals surface area contributed by atoms with E-state index in [1.165, 1.54) is 12.1 Å². The second-order valence-electron chi connectivity index (χ2n) is 4.91. The fraction of sp³-hybridized carbons (Fsp3) is 0.429. The van der Waals surface area contributed by atoms with Gasteiger partial charge in [0.25, 0.3) is 0 Å². The van der Waals surface area contributed by atoms with Crippen LogP contribution in [0.5, 0.6) is 0 Å². The molecule has 3 N–H and O–H groups in total. The Hall–Kier alpha value is -1.99. The van der Waals surface area contributed by atoms with Crippen molar-refractivity contribution in [1.29, 1.82) is 10.5 Å². The molecule has 20 heavy (non-hydrogen) atoms. The van der Waals surface area contributed by atoms with Crippen molar-refractivity contribution in [3.8, 4) is 12.1 Å². The number of hydrazine groups is 1. The largest absolute Gasteiger partial charge is 0.377 e. The lowest BCUT2D eigenvalue weighted by Crippen LogP contribution is -2.34. The van der Waals surface area contributed by atoms with Gasteiger partial charge in [-0.2, -0.15) is 10.5 Å². The lowest BCUT2D eigenvalue weighted by Gasteiger charge is -2.28. The molecule has 4 atom stereocenters. The van der Waals surface area contributed by atoms with Crippen LogP contribution in [-0.4, -0.2) is 17.4 Å². The Morgan fingerprint density at radius 3 is 2.25 bits per heavy atom. The van der Waals surface area contributed by atoms with Crippen molar-refractivity contribution in [3.05, 3.63) is 35.6 Å². The lowest BCUT2D eigenvalue weighted by atomic mass is 9.75. The minimum atomic E-state index is -0.913. The van der Waals surface area contributed by atoms with Crippen LogP contribution in [0.25, 0.3) is 0 Å². The van der Waals surface area contributed by atoms with Gasteiger partial charge in [0.15, 0.2) is 0 Å². The molecule has 1 saturated heterocycles. The first-order chi connectivity index (χ1) is 9.58. The van der Waals surface area contributed by atoms with Gasteiger partial charge in [0.2, 0.25) is 0 Å². The zero-order valence-corrected chi connectivity index (χ0v) is 10.9. The van der Waals surface area contributed by atoms with E-state index in [0.717, 1.165) is 0 Å². The molecule has 1 aromatic rings. The van der Waals surface area contributed by atoms with Gasteiger partial charge in [0.1, 0.15) is 18.0 Å². The maximum Gasteiger partial charge on any atom is 0.140 e. The molecule has 0 saturated carbocycles. The average Bonchev–Trinajstić information content (AvgIpc) is 2.77. The second-order valence-corrected chi connectivity index (χ2v) is 4.91. The number of hydrogen-bond acceptors (Lipinski definition) is 5. The van der Waals surface area contributed by atoms with Gasteiger partial charge in [-0.3, -0.25) is 5.43 Å². The molecule has 4 unspecified atom stereocenters. The number of aliphatic hydroxyl groups excluding tert-OH is 1. The number of nitrogens with one attached hydrogen (secondary N) is 2. The molecule has 1 aliphatic heterocycles. The van der Waals surface area contributed by atoms with E-state index in [1.54, 1.807) is 12.1 Å². The fourth-order valence-electron chi connectivity index (χ4n) is 2.70. The Morgan fingerprint density at radius 1 is 1.20 bits per heavy atom. The first kappa shape index (κ1) is 14.4. The third kappa shape index (κ3) is 2.63. The third-order valence-electron chi connectivity index (χ3n) is 3.71. The van der Waals surface area contributed by atoms with E-state index >= 15 is 0 Å². The molecule has 1 fully saturated rings. The van der Waals surface area contributed by atoms with Crippen LogP contribution in [-0.2, 0) is 0 Å². The van der Waals surface area contributed by atoms with Gasteiger partial charge in [-0.15, -0.1) is 0 Å². The molecule has 104 valence electrons. The molecule has 1 aromatic carbocycles. The van der Waals surface area contributed by atoms with E-state index in [0.29, 0.717) is 5.56 Å². The molecule has 6 heteroatoms. The highest BCUT2D eigenvalue weighted by molar-refractivity contribution is 5.28. The number of aliphatic hydroxyl groups is 1. The fourth-order valence-corrected chi connectivity index (χ4v) is 2.70. The van der Waals surface area contributed by atoms with Gasteiger partial charge in [0, 0.05) is 17.9 Å². The number of rotatable bonds is 3. The molecule has 5 nitrogen and oxygen atoms in total. The molecule has 0 amide bonds. The Bertz CT molecular complexity index is 524. The summed E-state index contributed by atoms with van der Waals surface area (Å²) in [6, 6.07) is 9.50. The van der Waals surface area contributed by atoms with Gasteiger partial charge in [-0.05, 0) is 24.6 Å². The Balaban J connectivity index is 2.42. The third-order valence-corrected chi connectivity index (χ3v) is 3.71. The highest BCUT2D eigenvalue weighted by atomic mass is 19.1. The van der Waals surface area contributed by atoms with Crippen molar-refractivity contribution in [2.45, 2.75) is 25.1 Å². The molecule has 2 rings (SSSR count). The van der Waals surface area contributed by atoms with Crippen LogP contribution in [0.4, 0.5) is 4.39 Å². The minimum Gasteiger partial charge on any atom is -0.377 e. The van der Waals surface area contributed by atoms with Crippen molar-refractivity contribution in [2.75, 3.05) is 0 Å². The van der Waals surface area contributed by atoms with E-state index < -0.39 is 18.1 Å². The number of benzene rings is 1. The highest BCUT2D eigenvalue weighted by Crippen LogP contribution is 2.37. The van der Waals surface area contributed by atoms with Crippen molar-refractivity contribution in [3.63, 3.8) is 0 Å². The van der Waals surface area contributed by atoms with Gasteiger partial charge in [0.05, 0.1) is 12.1 Å². The van der Waals surface area contributed by atoms with Crippen LogP contribution in [0.2, 0.25) is 0 Å². The summed E-state index contributed by atoms with van der Waals surface area (Å²) in [6.07, 6.45) is -0.871. The maximum atomic E-state index is 13.0. The predicted octanol–water partition coefficient (Wildman–Crippen LogP) is 1.00. The predicted molar refractivity (Wildman–Crippen MR) is 69.1 cm³/mol. The molecular formula is C14H15FN4O. The van der Waals surface area contributed by atoms with Gasteiger partial charge in [-0.1, -0.05) is 12.1 Å². The van der Waals surface area contributed by atoms with Crippen molar-refractivity contribution in [2.24, 2.45) is 11.8 Å². The van der Waals surface area contributed by atoms with Crippen LogP contribution < -0.4 is 10.9 Å². The highest BCUT2D eigenvalue weighted by Gasteiger charge is 2.42. The molecule has 0 spiro atoms. The molecule has 1 heterocycles. The van der Waals surface area contributed by atoms with E-state index in [2.05, 4.69) is 10.9 Å². The summed E-state index contributed by atoms with van der Waals surface area (Å²) in [5.74, 6) is -2.15. The van der Waals surface area contributed by atoms with Crippen LogP contribution in [0.1, 0.15) is 18.4 Å². The summed E-state index contributed by atoms with van der Waals surface area (Å²) in [4.78, 5) is 0. The number of hydrogen-bond donors (Lipinski definition) is 3. The molecule has 1 aliphatic rings. The summed E-state index contributed by atoms with van der Waals surface area (Å²) >= 11 is 0. The summed E-state index contributed by atoms with van der Waals surface area (Å²) in [5, 5.41) is 28.4. The summed E-state index contributed by atoms with van der Waals surface area (Å²) in [6.45, 7) is 1.86. The Kier molecular flexibility index (Phi) is 4.31. The first-order valence-electron chi connectivity index (χ1n) is 6.32. The van der Waals surface area contributed by atoms with Crippen LogP contribution >= 0.6 is 0 Å². The number of nitrogens with zero attached hydrogens (tertiary/aromatic N) is 2. The molecular weight excluding hydrogens is 259 g/mol. The smallest absolute Gasteiger partial charge is 0.140 e. The summed E-state index contributed by atoms with van der Waals surface area (Å²) in [5.41, 5.74) is 6.26. The SMILES string of the molecule is CC1NNC(O)C1C(c1ccc(F)cc1)C(C#N)C#N. The van der Waals surface area contributed by atoms with E-state index in [1.807, 2.05) is 19.1 Å². The minimum absolute atomic E-state index is 0.121. The zero-order valence-electron chi connectivity index (χ0n) is 10.9. The van der Waals surface area contributed by atoms with E-state index in [4.69, 9.17) is 0 Å². The average molecular weight is 274 g/mol. The second kappa shape index (κ2) is 5.98. The van der Waals surface area contributed by atoms with Gasteiger partial charge >= 0.3 is 0 Å². The number of nitriles is 2. The van der Waals surface area contributed by atoms with Gasteiger partial charge < -0.3 is 5.11 Å². The van der Waals surface area contributed by atoms with Crippen molar-refractivity contribution in [1.82, 2.24) is 10.9 Å². The van der Waals surface area contributed by atoms with Crippen molar-refractivity contribution < 1.29 is 9.50 Å². The van der Waals surface area contributed by atoms with E-state index in [-0.39, 0.29) is 17.8 Å². The molecule has 0 aliphatic carbocycles. The van der Waals surface area contributed by atoms with E-state index in [9.17, 15) is 20.0 Å². The van der Waals surface area contributed by atoms with Gasteiger partial charge in [-0.25, -0.2) is 9.82 Å². The molecule has 0 bridgehead atoms. The van der Waals surface area contributed by atoms with Crippen LogP contribution in [0.3, 0.4) is 0 Å². The van der Waals surface area contributed by atoms with Crippen LogP contribution in [0.15, 0.2) is 24.3 Å². The standard InChI is InChI=1S/C14H15FN4O/c1-8-12(14(20)19-18-8)13(10(6-16)7-17)9-2-4-11(15)5-3-9/h2-5,8,10,12-14,18-20H,1H3. The van der Waals surface area contributed by atoms with Crippen molar-refractivity contribution >= 4 is 0 Å². The first-order valence-corrected chi connectivity index (χ1v) is 6.32. The molecule has 0 radical (unpaired) electrons. The Morgan fingerprint density at radius 2 is 1.80 bits per heavy atom. The molecule has 0 aromatic heterocycles. The quantitative estimate of drug-likeness (QED) is 0.765. The monoisotopic (exact) mass is 274 g/mol. The topological polar surface area (TPSA) is 91.9 Å². The zero-order chi connectivity index (χ0) is 14.7. The van der Waals surface area contributed by atoms with Crippen LogP contribution in [0, 0.1) is 40.3 Å². The summed E-state index contributed by atoms with van der Waals surface area (Å²) in [7, 11) is 0. The Labute approximate surface area is 116 Å². The summed E-state index contributed by atoms with van der Waals surface area (Å²) < 4.78 is 13.0. The number of halogens is 1. The maximum absolute atomic E-state index is 13.0. The normalized spacial score (nSPS) is 27.0.